The van der Waals surface area contributed by atoms with Gasteiger partial charge in [-0.1, -0.05) is 13.0 Å². The van der Waals surface area contributed by atoms with Crippen molar-refractivity contribution in [3.05, 3.63) is 12.2 Å². The van der Waals surface area contributed by atoms with Gasteiger partial charge in [0.15, 0.2) is 0 Å². The molecule has 0 radical (unpaired) electrons. The number of rotatable bonds is 3. The van der Waals surface area contributed by atoms with Gasteiger partial charge >= 0.3 is 5.97 Å². The van der Waals surface area contributed by atoms with Crippen LogP contribution in [0.2, 0.25) is 0 Å². The first-order chi connectivity index (χ1) is 5.83. The van der Waals surface area contributed by atoms with Gasteiger partial charge in [0.1, 0.15) is 6.10 Å². The highest BCUT2D eigenvalue weighted by molar-refractivity contribution is 5.82. The Labute approximate surface area is 73.6 Å². The van der Waals surface area contributed by atoms with Crippen molar-refractivity contribution < 1.29 is 9.53 Å². The van der Waals surface area contributed by atoms with Crippen LogP contribution in [-0.2, 0) is 9.53 Å². The molecule has 68 valence electrons. The number of carbonyl (C=O) groups excluding carboxylic acids is 1. The standard InChI is InChI=1S/C10H16O2/c1-2-3-8-10(11)12-9-6-4-5-7-9/h3,8-9H,2,4-7H2,1H3/b8-3+. The first-order valence-corrected chi connectivity index (χ1v) is 4.70. The number of ether oxygens (including phenoxy) is 1. The van der Waals surface area contributed by atoms with Gasteiger partial charge in [0, 0.05) is 6.08 Å². The lowest BCUT2D eigenvalue weighted by Crippen LogP contribution is -2.12. The van der Waals surface area contributed by atoms with Crippen molar-refractivity contribution in [2.24, 2.45) is 0 Å². The number of allylic oxidation sites excluding steroid dienone is 1. The number of hydrogen-bond donors (Lipinski definition) is 0. The molecule has 0 amide bonds. The molecule has 2 heteroatoms. The van der Waals surface area contributed by atoms with Crippen LogP contribution in [0.4, 0.5) is 0 Å². The smallest absolute Gasteiger partial charge is 0.330 e. The van der Waals surface area contributed by atoms with Crippen LogP contribution < -0.4 is 0 Å². The van der Waals surface area contributed by atoms with Gasteiger partial charge in [0.2, 0.25) is 0 Å². The van der Waals surface area contributed by atoms with Gasteiger partial charge in [0.05, 0.1) is 0 Å². The summed E-state index contributed by atoms with van der Waals surface area (Å²) in [6.45, 7) is 2.00. The minimum atomic E-state index is -0.177. The highest BCUT2D eigenvalue weighted by atomic mass is 16.5. The summed E-state index contributed by atoms with van der Waals surface area (Å²) in [7, 11) is 0. The lowest BCUT2D eigenvalue weighted by atomic mass is 10.3. The van der Waals surface area contributed by atoms with Gasteiger partial charge in [-0.05, 0) is 32.1 Å². The van der Waals surface area contributed by atoms with E-state index in [2.05, 4.69) is 0 Å². The van der Waals surface area contributed by atoms with Gasteiger partial charge in [-0.2, -0.15) is 0 Å². The first-order valence-electron chi connectivity index (χ1n) is 4.70. The molecule has 0 spiro atoms. The van der Waals surface area contributed by atoms with E-state index in [0.717, 1.165) is 19.3 Å². The second kappa shape index (κ2) is 4.96. The molecular formula is C10H16O2. The minimum Gasteiger partial charge on any atom is -0.459 e. The predicted molar refractivity (Wildman–Crippen MR) is 47.8 cm³/mol. The summed E-state index contributed by atoms with van der Waals surface area (Å²) in [5, 5.41) is 0. The molecule has 0 atom stereocenters. The van der Waals surface area contributed by atoms with Crippen molar-refractivity contribution in [2.75, 3.05) is 0 Å². The van der Waals surface area contributed by atoms with Crippen LogP contribution in [0.25, 0.3) is 0 Å². The SMILES string of the molecule is CC/C=C/C(=O)OC1CCCC1. The summed E-state index contributed by atoms with van der Waals surface area (Å²) in [4.78, 5) is 11.0. The van der Waals surface area contributed by atoms with Crippen molar-refractivity contribution in [1.29, 1.82) is 0 Å². The van der Waals surface area contributed by atoms with Crippen LogP contribution in [0.1, 0.15) is 39.0 Å². The van der Waals surface area contributed by atoms with Gasteiger partial charge in [-0.25, -0.2) is 4.79 Å². The van der Waals surface area contributed by atoms with E-state index in [9.17, 15) is 4.79 Å². The quantitative estimate of drug-likeness (QED) is 0.478. The van der Waals surface area contributed by atoms with Crippen LogP contribution in [0.15, 0.2) is 12.2 Å². The van der Waals surface area contributed by atoms with Crippen LogP contribution in [0.5, 0.6) is 0 Å². The van der Waals surface area contributed by atoms with E-state index in [0.29, 0.717) is 0 Å². The largest absolute Gasteiger partial charge is 0.459 e. The third kappa shape index (κ3) is 3.07. The molecule has 0 bridgehead atoms. The average molecular weight is 168 g/mol. The zero-order valence-corrected chi connectivity index (χ0v) is 7.58. The maximum atomic E-state index is 11.0. The van der Waals surface area contributed by atoms with Crippen molar-refractivity contribution in [3.63, 3.8) is 0 Å². The van der Waals surface area contributed by atoms with Gasteiger partial charge in [0.25, 0.3) is 0 Å². The number of carbonyl (C=O) groups is 1. The van der Waals surface area contributed by atoms with E-state index < -0.39 is 0 Å². The summed E-state index contributed by atoms with van der Waals surface area (Å²) >= 11 is 0. The van der Waals surface area contributed by atoms with Crippen LogP contribution >= 0.6 is 0 Å². The van der Waals surface area contributed by atoms with Crippen LogP contribution in [-0.4, -0.2) is 12.1 Å². The maximum Gasteiger partial charge on any atom is 0.330 e. The van der Waals surface area contributed by atoms with Crippen molar-refractivity contribution >= 4 is 5.97 Å². The highest BCUT2D eigenvalue weighted by Gasteiger charge is 2.17. The van der Waals surface area contributed by atoms with Gasteiger partial charge in [-0.3, -0.25) is 0 Å². The lowest BCUT2D eigenvalue weighted by Gasteiger charge is -2.08. The fourth-order valence-electron chi connectivity index (χ4n) is 1.42. The Hall–Kier alpha value is -0.790. The van der Waals surface area contributed by atoms with Crippen LogP contribution in [0, 0.1) is 0 Å². The molecule has 0 aromatic rings. The Balaban J connectivity index is 2.20. The summed E-state index contributed by atoms with van der Waals surface area (Å²) in [6.07, 6.45) is 8.94. The molecule has 1 fully saturated rings. The van der Waals surface area contributed by atoms with E-state index in [-0.39, 0.29) is 12.1 Å². The fourth-order valence-corrected chi connectivity index (χ4v) is 1.42. The Morgan fingerprint density at radius 1 is 1.50 bits per heavy atom. The average Bonchev–Trinajstić information content (AvgIpc) is 2.53. The van der Waals surface area contributed by atoms with Crippen LogP contribution in [0.3, 0.4) is 0 Å². The Bertz CT molecular complexity index is 167. The van der Waals surface area contributed by atoms with Gasteiger partial charge in [-0.15, -0.1) is 0 Å². The zero-order valence-electron chi connectivity index (χ0n) is 7.58. The summed E-state index contributed by atoms with van der Waals surface area (Å²) in [6, 6.07) is 0. The van der Waals surface area contributed by atoms with E-state index >= 15 is 0 Å². The third-order valence-electron chi connectivity index (χ3n) is 2.07. The van der Waals surface area contributed by atoms with E-state index in [1.54, 1.807) is 0 Å². The molecule has 1 aliphatic carbocycles. The molecule has 1 rings (SSSR count). The first kappa shape index (κ1) is 9.30. The topological polar surface area (TPSA) is 26.3 Å². The molecule has 0 aliphatic heterocycles. The molecule has 1 saturated carbocycles. The minimum absolute atomic E-state index is 0.177. The molecule has 1 aliphatic rings. The summed E-state index contributed by atoms with van der Waals surface area (Å²) in [5.74, 6) is -0.177. The Morgan fingerprint density at radius 3 is 2.75 bits per heavy atom. The highest BCUT2D eigenvalue weighted by Crippen LogP contribution is 2.20. The second-order valence-electron chi connectivity index (χ2n) is 3.15. The van der Waals surface area contributed by atoms with Gasteiger partial charge < -0.3 is 4.74 Å². The second-order valence-corrected chi connectivity index (χ2v) is 3.15. The maximum absolute atomic E-state index is 11.0. The summed E-state index contributed by atoms with van der Waals surface area (Å²) < 4.78 is 5.19. The number of hydrogen-bond acceptors (Lipinski definition) is 2. The molecular weight excluding hydrogens is 152 g/mol. The molecule has 0 N–H and O–H groups in total. The molecule has 0 aromatic heterocycles. The van der Waals surface area contributed by atoms with Crippen molar-refractivity contribution in [2.45, 2.75) is 45.1 Å². The molecule has 2 nitrogen and oxygen atoms in total. The van der Waals surface area contributed by atoms with E-state index in [1.165, 1.54) is 18.9 Å². The fraction of sp³-hybridized carbons (Fsp3) is 0.700. The van der Waals surface area contributed by atoms with E-state index in [1.807, 2.05) is 13.0 Å². The van der Waals surface area contributed by atoms with Crippen molar-refractivity contribution in [3.8, 4) is 0 Å². The Morgan fingerprint density at radius 2 is 2.17 bits per heavy atom. The normalized spacial score (nSPS) is 18.8. The zero-order chi connectivity index (χ0) is 8.81. The monoisotopic (exact) mass is 168 g/mol. The lowest BCUT2D eigenvalue weighted by molar-refractivity contribution is -0.142. The molecule has 0 saturated heterocycles. The molecule has 0 unspecified atom stereocenters. The number of esters is 1. The molecule has 0 heterocycles. The molecule has 0 aromatic carbocycles. The third-order valence-corrected chi connectivity index (χ3v) is 2.07. The molecule has 12 heavy (non-hydrogen) atoms. The van der Waals surface area contributed by atoms with E-state index in [4.69, 9.17) is 4.74 Å². The van der Waals surface area contributed by atoms with Crippen molar-refractivity contribution in [1.82, 2.24) is 0 Å². The predicted octanol–water partition coefficient (Wildman–Crippen LogP) is 2.44. The summed E-state index contributed by atoms with van der Waals surface area (Å²) in [5.41, 5.74) is 0. The Kier molecular flexibility index (Phi) is 3.85.